The molecule has 0 N–H and O–H groups in total. The minimum atomic E-state index is 1.15. The van der Waals surface area contributed by atoms with E-state index < -0.39 is 0 Å². The Bertz CT molecular complexity index is 1780. The molecule has 170 valence electrons. The monoisotopic (exact) mass is 477 g/mol. The quantitative estimate of drug-likeness (QED) is 0.244. The second-order valence-corrected chi connectivity index (χ2v) is 10.0. The number of hydrogen-bond acceptors (Lipinski definition) is 2. The third-order valence-electron chi connectivity index (χ3n) is 6.84. The molecule has 0 amide bonds. The van der Waals surface area contributed by atoms with E-state index in [0.29, 0.717) is 0 Å². The molecule has 0 aliphatic carbocycles. The average molecular weight is 478 g/mol. The first-order chi connectivity index (χ1) is 17.9. The molecule has 0 atom stereocenters. The highest BCUT2D eigenvalue weighted by molar-refractivity contribution is 7.26. The molecule has 0 bridgehead atoms. The van der Waals surface area contributed by atoms with Gasteiger partial charge in [-0.2, -0.15) is 0 Å². The van der Waals surface area contributed by atoms with Crippen LogP contribution in [0.15, 0.2) is 140 Å². The highest BCUT2D eigenvalue weighted by atomic mass is 32.1. The van der Waals surface area contributed by atoms with E-state index in [2.05, 4.69) is 144 Å². The molecule has 0 fully saturated rings. The SMILES string of the molecule is c1ccc(-c2cccc3sc4c5ccccc5c(N(c5ccccc5)c5ccccc5)cc4c23)cc1. The second kappa shape index (κ2) is 8.67. The third kappa shape index (κ3) is 3.38. The average Bonchev–Trinajstić information content (AvgIpc) is 3.34. The van der Waals surface area contributed by atoms with Gasteiger partial charge >= 0.3 is 0 Å². The molecular formula is C34H23NS. The van der Waals surface area contributed by atoms with Crippen molar-refractivity contribution in [1.29, 1.82) is 0 Å². The van der Waals surface area contributed by atoms with Gasteiger partial charge in [0.25, 0.3) is 0 Å². The van der Waals surface area contributed by atoms with Crippen LogP contribution >= 0.6 is 11.3 Å². The molecule has 1 heterocycles. The maximum atomic E-state index is 2.41. The molecule has 1 nitrogen and oxygen atoms in total. The Morgan fingerprint density at radius 1 is 0.472 bits per heavy atom. The van der Waals surface area contributed by atoms with Gasteiger partial charge in [0.05, 0.1) is 5.69 Å². The minimum Gasteiger partial charge on any atom is -0.310 e. The Hall–Kier alpha value is -4.40. The number of thiophene rings is 1. The number of benzene rings is 6. The second-order valence-electron chi connectivity index (χ2n) is 8.97. The van der Waals surface area contributed by atoms with Crippen molar-refractivity contribution in [3.8, 4) is 11.1 Å². The maximum absolute atomic E-state index is 2.41. The first kappa shape index (κ1) is 20.9. The highest BCUT2D eigenvalue weighted by Gasteiger charge is 2.20. The van der Waals surface area contributed by atoms with E-state index in [1.807, 2.05) is 11.3 Å². The van der Waals surface area contributed by atoms with Crippen LogP contribution in [0.1, 0.15) is 0 Å². The van der Waals surface area contributed by atoms with Gasteiger partial charge < -0.3 is 4.90 Å². The van der Waals surface area contributed by atoms with Crippen LogP contribution < -0.4 is 4.90 Å². The lowest BCUT2D eigenvalue weighted by molar-refractivity contribution is 1.30. The number of fused-ring (bicyclic) bond motifs is 5. The zero-order valence-corrected chi connectivity index (χ0v) is 20.5. The highest BCUT2D eigenvalue weighted by Crippen LogP contribution is 2.48. The zero-order chi connectivity index (χ0) is 23.9. The fraction of sp³-hybridized carbons (Fsp3) is 0. The van der Waals surface area contributed by atoms with Crippen LogP contribution in [0.5, 0.6) is 0 Å². The molecule has 36 heavy (non-hydrogen) atoms. The Labute approximate surface area is 214 Å². The molecule has 0 radical (unpaired) electrons. The van der Waals surface area contributed by atoms with Gasteiger partial charge in [-0.25, -0.2) is 0 Å². The molecular weight excluding hydrogens is 454 g/mol. The van der Waals surface area contributed by atoms with E-state index in [0.717, 1.165) is 11.4 Å². The maximum Gasteiger partial charge on any atom is 0.0547 e. The summed E-state index contributed by atoms with van der Waals surface area (Å²) >= 11 is 1.89. The first-order valence-electron chi connectivity index (χ1n) is 12.2. The van der Waals surface area contributed by atoms with Crippen molar-refractivity contribution in [3.05, 3.63) is 140 Å². The van der Waals surface area contributed by atoms with Gasteiger partial charge in [0.15, 0.2) is 0 Å². The lowest BCUT2D eigenvalue weighted by Gasteiger charge is -2.27. The lowest BCUT2D eigenvalue weighted by atomic mass is 9.97. The summed E-state index contributed by atoms with van der Waals surface area (Å²) in [6.07, 6.45) is 0. The predicted molar refractivity (Wildman–Crippen MR) is 157 cm³/mol. The summed E-state index contributed by atoms with van der Waals surface area (Å²) < 4.78 is 2.66. The fourth-order valence-corrected chi connectivity index (χ4v) is 6.50. The molecule has 6 aromatic carbocycles. The van der Waals surface area contributed by atoms with E-state index in [9.17, 15) is 0 Å². The number of para-hydroxylation sites is 2. The minimum absolute atomic E-state index is 1.15. The molecule has 7 aromatic rings. The van der Waals surface area contributed by atoms with E-state index in [-0.39, 0.29) is 0 Å². The summed E-state index contributed by atoms with van der Waals surface area (Å²) in [5, 5.41) is 5.18. The van der Waals surface area contributed by atoms with Crippen molar-refractivity contribution in [3.63, 3.8) is 0 Å². The number of rotatable bonds is 4. The van der Waals surface area contributed by atoms with Crippen molar-refractivity contribution in [2.75, 3.05) is 4.90 Å². The van der Waals surface area contributed by atoms with Crippen molar-refractivity contribution >= 4 is 59.3 Å². The molecule has 7 rings (SSSR count). The van der Waals surface area contributed by atoms with Crippen LogP contribution in [0.2, 0.25) is 0 Å². The van der Waals surface area contributed by atoms with Crippen LogP contribution in [0.4, 0.5) is 17.1 Å². The summed E-state index contributed by atoms with van der Waals surface area (Å²) in [4.78, 5) is 2.39. The number of anilines is 3. The van der Waals surface area contributed by atoms with Crippen LogP contribution in [0.3, 0.4) is 0 Å². The van der Waals surface area contributed by atoms with E-state index >= 15 is 0 Å². The molecule has 0 aliphatic rings. The zero-order valence-electron chi connectivity index (χ0n) is 19.6. The summed E-state index contributed by atoms with van der Waals surface area (Å²) in [5.74, 6) is 0. The summed E-state index contributed by atoms with van der Waals surface area (Å²) in [7, 11) is 0. The number of nitrogens with zero attached hydrogens (tertiary/aromatic N) is 1. The summed E-state index contributed by atoms with van der Waals surface area (Å²) in [6.45, 7) is 0. The van der Waals surface area contributed by atoms with Gasteiger partial charge in [0.1, 0.15) is 0 Å². The molecule has 0 saturated heterocycles. The Morgan fingerprint density at radius 3 is 1.72 bits per heavy atom. The first-order valence-corrected chi connectivity index (χ1v) is 13.0. The van der Waals surface area contributed by atoms with E-state index in [1.165, 1.54) is 47.8 Å². The molecule has 0 spiro atoms. The Balaban J connectivity index is 1.62. The standard InChI is InChI=1S/C34H23NS/c1-4-13-24(14-5-1)27-21-12-22-32-33(27)30-23-31(28-19-10-11-20-29(28)34(30)36-32)35(25-15-6-2-7-16-25)26-17-8-3-9-18-26/h1-23H. The molecule has 0 aliphatic heterocycles. The van der Waals surface area contributed by atoms with Gasteiger partial charge in [-0.3, -0.25) is 0 Å². The third-order valence-corrected chi connectivity index (χ3v) is 8.04. The molecule has 0 saturated carbocycles. The molecule has 1 aromatic heterocycles. The van der Waals surface area contributed by atoms with Crippen molar-refractivity contribution in [2.45, 2.75) is 0 Å². The summed E-state index contributed by atoms with van der Waals surface area (Å²) in [6, 6.07) is 50.0. The Kier molecular flexibility index (Phi) is 5.04. The van der Waals surface area contributed by atoms with E-state index in [1.54, 1.807) is 0 Å². The van der Waals surface area contributed by atoms with Gasteiger partial charge in [-0.05, 0) is 47.5 Å². The van der Waals surface area contributed by atoms with Crippen LogP contribution in [0.25, 0.3) is 42.1 Å². The summed E-state index contributed by atoms with van der Waals surface area (Å²) in [5.41, 5.74) is 6.03. The smallest absolute Gasteiger partial charge is 0.0547 e. The van der Waals surface area contributed by atoms with Crippen molar-refractivity contribution < 1.29 is 0 Å². The van der Waals surface area contributed by atoms with Gasteiger partial charge in [-0.15, -0.1) is 11.3 Å². The van der Waals surface area contributed by atoms with E-state index in [4.69, 9.17) is 0 Å². The van der Waals surface area contributed by atoms with Gasteiger partial charge in [0, 0.05) is 42.3 Å². The van der Waals surface area contributed by atoms with Gasteiger partial charge in [-0.1, -0.05) is 103 Å². The molecule has 2 heteroatoms. The Morgan fingerprint density at radius 2 is 1.06 bits per heavy atom. The molecule has 0 unspecified atom stereocenters. The van der Waals surface area contributed by atoms with Crippen molar-refractivity contribution in [2.24, 2.45) is 0 Å². The lowest BCUT2D eigenvalue weighted by Crippen LogP contribution is -2.10. The predicted octanol–water partition coefficient (Wildman–Crippen LogP) is 10.3. The van der Waals surface area contributed by atoms with Gasteiger partial charge in [0.2, 0.25) is 0 Å². The van der Waals surface area contributed by atoms with Crippen molar-refractivity contribution in [1.82, 2.24) is 0 Å². The van der Waals surface area contributed by atoms with Crippen LogP contribution in [0, 0.1) is 0 Å². The van der Waals surface area contributed by atoms with Crippen LogP contribution in [-0.4, -0.2) is 0 Å². The largest absolute Gasteiger partial charge is 0.310 e. The van der Waals surface area contributed by atoms with Crippen LogP contribution in [-0.2, 0) is 0 Å². The number of hydrogen-bond donors (Lipinski definition) is 0. The fourth-order valence-electron chi connectivity index (χ4n) is 5.25. The normalized spacial score (nSPS) is 11.3. The topological polar surface area (TPSA) is 3.24 Å².